The van der Waals surface area contributed by atoms with Crippen LogP contribution in [0.4, 0.5) is 0 Å². The van der Waals surface area contributed by atoms with E-state index in [1.54, 1.807) is 0 Å². The standard InChI is InChI=1S/C12H14N2O5S/c1-7(15)14-9(11(16)17)6-20-10-5-8(3-4-13-10)12(18)19-2/h3-5,9H,6H2,1-2H3,(H,14,15)(H,16,17). The number of carboxylic acid groups (broad SMARTS) is 1. The Bertz CT molecular complexity index is 520. The van der Waals surface area contributed by atoms with Gasteiger partial charge in [0.05, 0.1) is 17.7 Å². The molecule has 0 aliphatic heterocycles. The van der Waals surface area contributed by atoms with Crippen molar-refractivity contribution in [2.24, 2.45) is 0 Å². The normalized spacial score (nSPS) is 11.5. The van der Waals surface area contributed by atoms with Gasteiger partial charge in [-0.25, -0.2) is 14.6 Å². The average molecular weight is 298 g/mol. The highest BCUT2D eigenvalue weighted by molar-refractivity contribution is 7.99. The number of nitrogens with zero attached hydrogens (tertiary/aromatic N) is 1. The lowest BCUT2D eigenvalue weighted by molar-refractivity contribution is -0.140. The Morgan fingerprint density at radius 1 is 1.50 bits per heavy atom. The van der Waals surface area contributed by atoms with Gasteiger partial charge in [-0.1, -0.05) is 0 Å². The smallest absolute Gasteiger partial charge is 0.337 e. The quantitative estimate of drug-likeness (QED) is 0.583. The minimum atomic E-state index is -1.13. The van der Waals surface area contributed by atoms with Gasteiger partial charge in [0.1, 0.15) is 6.04 Å². The number of thioether (sulfide) groups is 1. The molecule has 1 aromatic rings. The maximum absolute atomic E-state index is 11.3. The number of carbonyl (C=O) groups is 3. The summed E-state index contributed by atoms with van der Waals surface area (Å²) in [5.74, 6) is -1.94. The zero-order valence-corrected chi connectivity index (χ0v) is 11.8. The molecular formula is C12H14N2O5S. The molecule has 0 aliphatic rings. The molecule has 0 saturated carbocycles. The van der Waals surface area contributed by atoms with Gasteiger partial charge >= 0.3 is 11.9 Å². The number of rotatable bonds is 6. The molecule has 1 atom stereocenters. The topological polar surface area (TPSA) is 106 Å². The zero-order valence-electron chi connectivity index (χ0n) is 11.0. The van der Waals surface area contributed by atoms with Crippen LogP contribution in [0.15, 0.2) is 23.4 Å². The molecule has 0 bridgehead atoms. The molecule has 0 spiro atoms. The minimum absolute atomic E-state index is 0.104. The van der Waals surface area contributed by atoms with E-state index in [-0.39, 0.29) is 5.75 Å². The van der Waals surface area contributed by atoms with E-state index < -0.39 is 23.9 Å². The van der Waals surface area contributed by atoms with E-state index in [1.165, 1.54) is 32.4 Å². The second kappa shape index (κ2) is 7.49. The summed E-state index contributed by atoms with van der Waals surface area (Å²) >= 11 is 1.13. The number of methoxy groups -OCH3 is 1. The first-order valence-corrected chi connectivity index (χ1v) is 6.59. The van der Waals surface area contributed by atoms with Crippen LogP contribution in [0, 0.1) is 0 Å². The number of aliphatic carboxylic acids is 1. The van der Waals surface area contributed by atoms with Crippen molar-refractivity contribution < 1.29 is 24.2 Å². The first kappa shape index (κ1) is 16.0. The van der Waals surface area contributed by atoms with E-state index in [0.717, 1.165) is 11.8 Å². The van der Waals surface area contributed by atoms with E-state index in [9.17, 15) is 14.4 Å². The minimum Gasteiger partial charge on any atom is -0.480 e. The average Bonchev–Trinajstić information content (AvgIpc) is 2.42. The third kappa shape index (κ3) is 4.88. The Morgan fingerprint density at radius 3 is 2.75 bits per heavy atom. The van der Waals surface area contributed by atoms with Crippen LogP contribution in [0.2, 0.25) is 0 Å². The fraction of sp³-hybridized carbons (Fsp3) is 0.333. The van der Waals surface area contributed by atoms with E-state index in [0.29, 0.717) is 10.6 Å². The van der Waals surface area contributed by atoms with E-state index in [2.05, 4.69) is 15.0 Å². The second-order valence-electron chi connectivity index (χ2n) is 3.78. The summed E-state index contributed by atoms with van der Waals surface area (Å²) < 4.78 is 4.58. The molecule has 0 fully saturated rings. The van der Waals surface area contributed by atoms with Crippen molar-refractivity contribution in [3.05, 3.63) is 23.9 Å². The highest BCUT2D eigenvalue weighted by Gasteiger charge is 2.19. The van der Waals surface area contributed by atoms with Gasteiger partial charge < -0.3 is 15.2 Å². The van der Waals surface area contributed by atoms with Crippen molar-refractivity contribution in [2.75, 3.05) is 12.9 Å². The van der Waals surface area contributed by atoms with E-state index >= 15 is 0 Å². The predicted molar refractivity (Wildman–Crippen MR) is 71.5 cm³/mol. The molecule has 8 heteroatoms. The number of hydrogen-bond donors (Lipinski definition) is 2. The van der Waals surface area contributed by atoms with Gasteiger partial charge in [0.25, 0.3) is 0 Å². The zero-order chi connectivity index (χ0) is 15.1. The third-order valence-electron chi connectivity index (χ3n) is 2.23. The van der Waals surface area contributed by atoms with Gasteiger partial charge in [0, 0.05) is 18.9 Å². The number of ether oxygens (including phenoxy) is 1. The summed E-state index contributed by atoms with van der Waals surface area (Å²) in [7, 11) is 1.27. The number of nitrogens with one attached hydrogen (secondary N) is 1. The molecular weight excluding hydrogens is 284 g/mol. The predicted octanol–water partition coefficient (Wildman–Crippen LogP) is 0.550. The number of amides is 1. The van der Waals surface area contributed by atoms with Crippen LogP contribution < -0.4 is 5.32 Å². The van der Waals surface area contributed by atoms with Crippen molar-refractivity contribution in [3.63, 3.8) is 0 Å². The van der Waals surface area contributed by atoms with E-state index in [4.69, 9.17) is 5.11 Å². The van der Waals surface area contributed by atoms with Crippen LogP contribution in [0.3, 0.4) is 0 Å². The summed E-state index contributed by atoms with van der Waals surface area (Å²) in [6.07, 6.45) is 1.43. The SMILES string of the molecule is COC(=O)c1ccnc(SCC(NC(C)=O)C(=O)O)c1. The summed E-state index contributed by atoms with van der Waals surface area (Å²) in [6, 6.07) is 1.99. The molecule has 0 aromatic carbocycles. The van der Waals surface area contributed by atoms with Crippen LogP contribution in [-0.4, -0.2) is 46.8 Å². The number of carboxylic acids is 1. The molecule has 1 amide bonds. The fourth-order valence-electron chi connectivity index (χ4n) is 1.32. The van der Waals surface area contributed by atoms with Gasteiger partial charge in [-0.3, -0.25) is 4.79 Å². The van der Waals surface area contributed by atoms with Crippen LogP contribution >= 0.6 is 11.8 Å². The number of esters is 1. The Balaban J connectivity index is 2.70. The van der Waals surface area contributed by atoms with Crippen LogP contribution in [0.5, 0.6) is 0 Å². The molecule has 2 N–H and O–H groups in total. The molecule has 0 radical (unpaired) electrons. The van der Waals surface area contributed by atoms with Gasteiger partial charge in [-0.15, -0.1) is 11.8 Å². The molecule has 7 nitrogen and oxygen atoms in total. The van der Waals surface area contributed by atoms with Gasteiger partial charge in [-0.2, -0.15) is 0 Å². The first-order chi connectivity index (χ1) is 9.43. The van der Waals surface area contributed by atoms with Crippen LogP contribution in [0.1, 0.15) is 17.3 Å². The summed E-state index contributed by atoms with van der Waals surface area (Å²) in [5, 5.41) is 11.8. The van der Waals surface area contributed by atoms with Crippen molar-refractivity contribution >= 4 is 29.6 Å². The van der Waals surface area contributed by atoms with Gasteiger partial charge in [0.2, 0.25) is 5.91 Å². The Hall–Kier alpha value is -2.09. The summed E-state index contributed by atoms with van der Waals surface area (Å²) in [4.78, 5) is 37.2. The summed E-state index contributed by atoms with van der Waals surface area (Å²) in [5.41, 5.74) is 0.330. The van der Waals surface area contributed by atoms with E-state index in [1.807, 2.05) is 0 Å². The first-order valence-electron chi connectivity index (χ1n) is 5.61. The lowest BCUT2D eigenvalue weighted by Gasteiger charge is -2.12. The summed E-state index contributed by atoms with van der Waals surface area (Å²) in [6.45, 7) is 1.25. The maximum atomic E-state index is 11.3. The molecule has 108 valence electrons. The van der Waals surface area contributed by atoms with Crippen molar-refractivity contribution in [1.82, 2.24) is 10.3 Å². The van der Waals surface area contributed by atoms with Gasteiger partial charge in [-0.05, 0) is 12.1 Å². The Labute approximate surface area is 119 Å². The molecule has 1 unspecified atom stereocenters. The van der Waals surface area contributed by atoms with Crippen LogP contribution in [-0.2, 0) is 14.3 Å². The lowest BCUT2D eigenvalue weighted by atomic mass is 10.3. The van der Waals surface area contributed by atoms with Crippen molar-refractivity contribution in [1.29, 1.82) is 0 Å². The number of carbonyl (C=O) groups excluding carboxylic acids is 2. The monoisotopic (exact) mass is 298 g/mol. The lowest BCUT2D eigenvalue weighted by Crippen LogP contribution is -2.41. The molecule has 1 rings (SSSR count). The molecule has 0 saturated heterocycles. The molecule has 1 heterocycles. The largest absolute Gasteiger partial charge is 0.480 e. The maximum Gasteiger partial charge on any atom is 0.337 e. The van der Waals surface area contributed by atoms with Crippen molar-refractivity contribution in [2.45, 2.75) is 18.0 Å². The highest BCUT2D eigenvalue weighted by Crippen LogP contribution is 2.17. The Kier molecular flexibility index (Phi) is 5.98. The number of aromatic nitrogens is 1. The molecule has 1 aromatic heterocycles. The Morgan fingerprint density at radius 2 is 2.20 bits per heavy atom. The number of pyridine rings is 1. The number of hydrogen-bond acceptors (Lipinski definition) is 6. The van der Waals surface area contributed by atoms with Crippen LogP contribution in [0.25, 0.3) is 0 Å². The second-order valence-corrected chi connectivity index (χ2v) is 4.82. The molecule has 20 heavy (non-hydrogen) atoms. The van der Waals surface area contributed by atoms with Gasteiger partial charge in [0.15, 0.2) is 0 Å². The molecule has 0 aliphatic carbocycles. The third-order valence-corrected chi connectivity index (χ3v) is 3.25. The fourth-order valence-corrected chi connectivity index (χ4v) is 2.23. The van der Waals surface area contributed by atoms with Crippen molar-refractivity contribution in [3.8, 4) is 0 Å². The highest BCUT2D eigenvalue weighted by atomic mass is 32.2.